The molecule has 2 aliphatic heterocycles. The van der Waals surface area contributed by atoms with E-state index in [1.165, 1.54) is 29.8 Å². The number of likely N-dealkylation sites (tertiary alicyclic amines) is 1. The van der Waals surface area contributed by atoms with Crippen LogP contribution in [0, 0.1) is 17.5 Å². The van der Waals surface area contributed by atoms with Crippen molar-refractivity contribution in [2.24, 2.45) is 0 Å². The SMILES string of the molecule is COC1[C@@H](Sc2cc(Br)ccc2C(=O)N2CCC2)OC(CO)[C@H](O)[C@@H]1n1cc(-c2cc(F)c(F)c(F)c2)nn1. The Hall–Kier alpha value is -2.49. The Morgan fingerprint density at radius 1 is 1.23 bits per heavy atom. The first-order chi connectivity index (χ1) is 18.7. The standard InChI is InChI=1S/C25H24BrF3N4O5S/c1-37-23-21(33-10-17(30-31-33)12-7-15(27)20(29)16(28)8-12)22(35)18(11-34)38-25(23)39-19-9-13(26)3-4-14(19)24(36)32-5-2-6-32/h3-4,7-10,18,21-23,25,34-35H,2,5-6,11H2,1H3/t18?,21-,22-,23?,25+/m0/s1. The Bertz CT molecular complexity index is 1350. The van der Waals surface area contributed by atoms with Crippen molar-refractivity contribution in [3.8, 4) is 11.3 Å². The largest absolute Gasteiger partial charge is 0.394 e. The first-order valence-corrected chi connectivity index (χ1v) is 13.7. The number of aliphatic hydroxyl groups is 2. The smallest absolute Gasteiger partial charge is 0.254 e. The number of aliphatic hydroxyl groups excluding tert-OH is 2. The summed E-state index contributed by atoms with van der Waals surface area (Å²) in [6, 6.07) is 5.91. The van der Waals surface area contributed by atoms with Gasteiger partial charge in [0.15, 0.2) is 17.5 Å². The van der Waals surface area contributed by atoms with Gasteiger partial charge in [-0.05, 0) is 36.8 Å². The lowest BCUT2D eigenvalue weighted by atomic mass is 9.97. The fourth-order valence-corrected chi connectivity index (χ4v) is 6.40. The predicted molar refractivity (Wildman–Crippen MR) is 137 cm³/mol. The highest BCUT2D eigenvalue weighted by atomic mass is 79.9. The number of halogens is 4. The van der Waals surface area contributed by atoms with Gasteiger partial charge in [-0.15, -0.1) is 5.10 Å². The van der Waals surface area contributed by atoms with Gasteiger partial charge in [-0.25, -0.2) is 17.9 Å². The van der Waals surface area contributed by atoms with Crippen LogP contribution in [0.3, 0.4) is 0 Å². The minimum absolute atomic E-state index is 0.0283. The Morgan fingerprint density at radius 3 is 2.56 bits per heavy atom. The van der Waals surface area contributed by atoms with Crippen LogP contribution in [0.1, 0.15) is 22.8 Å². The topological polar surface area (TPSA) is 110 Å². The van der Waals surface area contributed by atoms with E-state index in [-0.39, 0.29) is 17.2 Å². The van der Waals surface area contributed by atoms with Crippen molar-refractivity contribution >= 4 is 33.6 Å². The summed E-state index contributed by atoms with van der Waals surface area (Å²) in [6.45, 7) is 0.826. The Labute approximate surface area is 234 Å². The monoisotopic (exact) mass is 628 g/mol. The zero-order valence-electron chi connectivity index (χ0n) is 20.5. The Balaban J connectivity index is 1.47. The summed E-state index contributed by atoms with van der Waals surface area (Å²) in [4.78, 5) is 15.4. The molecule has 0 bridgehead atoms. The summed E-state index contributed by atoms with van der Waals surface area (Å²) in [5, 5.41) is 29.0. The van der Waals surface area contributed by atoms with Crippen LogP contribution in [0.25, 0.3) is 11.3 Å². The Kier molecular flexibility index (Phi) is 8.31. The van der Waals surface area contributed by atoms with Crippen LogP contribution in [0.2, 0.25) is 0 Å². The summed E-state index contributed by atoms with van der Waals surface area (Å²) in [6.07, 6.45) is -0.940. The van der Waals surface area contributed by atoms with Gasteiger partial charge in [0.2, 0.25) is 0 Å². The minimum atomic E-state index is -1.60. The van der Waals surface area contributed by atoms with E-state index in [4.69, 9.17) is 9.47 Å². The van der Waals surface area contributed by atoms with Gasteiger partial charge in [0.1, 0.15) is 35.5 Å². The molecule has 5 rings (SSSR count). The molecule has 2 aliphatic rings. The number of methoxy groups -OCH3 is 1. The Morgan fingerprint density at radius 2 is 1.95 bits per heavy atom. The third kappa shape index (κ3) is 5.45. The van der Waals surface area contributed by atoms with E-state index in [9.17, 15) is 28.2 Å². The van der Waals surface area contributed by atoms with E-state index in [1.54, 1.807) is 23.1 Å². The van der Waals surface area contributed by atoms with Crippen LogP contribution in [-0.4, -0.2) is 86.6 Å². The van der Waals surface area contributed by atoms with Crippen molar-refractivity contribution < 1.29 is 37.7 Å². The molecule has 2 unspecified atom stereocenters. The van der Waals surface area contributed by atoms with Gasteiger partial charge in [0.25, 0.3) is 5.91 Å². The van der Waals surface area contributed by atoms with Gasteiger partial charge >= 0.3 is 0 Å². The first-order valence-electron chi connectivity index (χ1n) is 12.0. The highest BCUT2D eigenvalue weighted by molar-refractivity contribution is 9.10. The molecule has 9 nitrogen and oxygen atoms in total. The number of nitrogens with zero attached hydrogens (tertiary/aromatic N) is 4. The minimum Gasteiger partial charge on any atom is -0.394 e. The fraction of sp³-hybridized carbons (Fsp3) is 0.400. The van der Waals surface area contributed by atoms with E-state index in [0.717, 1.165) is 23.0 Å². The number of ether oxygens (including phenoxy) is 2. The number of benzene rings is 2. The number of rotatable bonds is 7. The summed E-state index contributed by atoms with van der Waals surface area (Å²) >= 11 is 4.64. The van der Waals surface area contributed by atoms with Gasteiger partial charge < -0.3 is 24.6 Å². The van der Waals surface area contributed by atoms with Gasteiger partial charge in [-0.3, -0.25) is 4.79 Å². The van der Waals surface area contributed by atoms with E-state index in [2.05, 4.69) is 26.2 Å². The van der Waals surface area contributed by atoms with Gasteiger partial charge in [-0.1, -0.05) is 32.9 Å². The van der Waals surface area contributed by atoms with E-state index < -0.39 is 53.8 Å². The second-order valence-electron chi connectivity index (χ2n) is 9.15. The molecule has 0 saturated carbocycles. The molecule has 0 aliphatic carbocycles. The van der Waals surface area contributed by atoms with Crippen molar-refractivity contribution in [2.75, 3.05) is 26.8 Å². The molecule has 3 heterocycles. The van der Waals surface area contributed by atoms with E-state index >= 15 is 0 Å². The molecular formula is C25H24BrF3N4O5S. The molecule has 2 aromatic carbocycles. The first kappa shape index (κ1) is 28.1. The number of amides is 1. The summed E-state index contributed by atoms with van der Waals surface area (Å²) in [5.74, 6) is -4.48. The third-order valence-corrected chi connectivity index (χ3v) is 8.45. The maximum absolute atomic E-state index is 13.8. The molecule has 0 spiro atoms. The maximum Gasteiger partial charge on any atom is 0.254 e. The zero-order valence-corrected chi connectivity index (χ0v) is 22.9. The molecule has 1 amide bonds. The molecule has 2 N–H and O–H groups in total. The number of hydrogen-bond donors (Lipinski definition) is 2. The quantitative estimate of drug-likeness (QED) is 0.383. The highest BCUT2D eigenvalue weighted by Crippen LogP contribution is 2.41. The van der Waals surface area contributed by atoms with Crippen LogP contribution in [0.15, 0.2) is 45.9 Å². The van der Waals surface area contributed by atoms with Crippen LogP contribution >= 0.6 is 27.7 Å². The van der Waals surface area contributed by atoms with Crippen LogP contribution in [-0.2, 0) is 9.47 Å². The maximum atomic E-state index is 13.8. The molecule has 5 atom stereocenters. The third-order valence-electron chi connectivity index (χ3n) is 6.75. The predicted octanol–water partition coefficient (Wildman–Crippen LogP) is 3.40. The number of carbonyl (C=O) groups is 1. The second-order valence-corrected chi connectivity index (χ2v) is 11.2. The molecular weight excluding hydrogens is 605 g/mol. The average molecular weight is 629 g/mol. The number of carbonyl (C=O) groups excluding carboxylic acids is 1. The molecule has 208 valence electrons. The van der Waals surface area contributed by atoms with Crippen molar-refractivity contribution in [3.05, 3.63) is 64.0 Å². The molecule has 14 heteroatoms. The summed E-state index contributed by atoms with van der Waals surface area (Å²) in [7, 11) is 1.41. The number of aromatic nitrogens is 3. The van der Waals surface area contributed by atoms with Crippen LogP contribution in [0.5, 0.6) is 0 Å². The summed E-state index contributed by atoms with van der Waals surface area (Å²) < 4.78 is 54.8. The molecule has 1 aromatic heterocycles. The van der Waals surface area contributed by atoms with Gasteiger partial charge in [0.05, 0.1) is 18.4 Å². The van der Waals surface area contributed by atoms with Crippen molar-refractivity contribution in [3.63, 3.8) is 0 Å². The normalized spacial score (nSPS) is 25.0. The second kappa shape index (κ2) is 11.6. The van der Waals surface area contributed by atoms with E-state index in [1.807, 2.05) is 0 Å². The lowest BCUT2D eigenvalue weighted by molar-refractivity contribution is -0.186. The lowest BCUT2D eigenvalue weighted by Gasteiger charge is -2.43. The number of hydrogen-bond acceptors (Lipinski definition) is 8. The molecule has 2 fully saturated rings. The van der Waals surface area contributed by atoms with Gasteiger partial charge in [0, 0.05) is 35.1 Å². The zero-order chi connectivity index (χ0) is 27.8. The van der Waals surface area contributed by atoms with E-state index in [0.29, 0.717) is 23.5 Å². The highest BCUT2D eigenvalue weighted by Gasteiger charge is 2.48. The average Bonchev–Trinajstić information content (AvgIpc) is 3.36. The lowest BCUT2D eigenvalue weighted by Crippen LogP contribution is -2.55. The molecule has 2 saturated heterocycles. The molecule has 39 heavy (non-hydrogen) atoms. The van der Waals surface area contributed by atoms with Crippen LogP contribution < -0.4 is 0 Å². The van der Waals surface area contributed by atoms with Crippen molar-refractivity contribution in [2.45, 2.75) is 41.1 Å². The number of thioether (sulfide) groups is 1. The van der Waals surface area contributed by atoms with Crippen molar-refractivity contribution in [1.82, 2.24) is 19.9 Å². The van der Waals surface area contributed by atoms with Gasteiger partial charge in [-0.2, -0.15) is 0 Å². The van der Waals surface area contributed by atoms with Crippen LogP contribution in [0.4, 0.5) is 13.2 Å². The summed E-state index contributed by atoms with van der Waals surface area (Å²) in [5.41, 5.74) is -0.360. The molecule has 3 aromatic rings. The van der Waals surface area contributed by atoms with Crippen molar-refractivity contribution in [1.29, 1.82) is 0 Å². The fourth-order valence-electron chi connectivity index (χ4n) is 4.55. The molecule has 0 radical (unpaired) electrons.